The van der Waals surface area contributed by atoms with E-state index in [0.29, 0.717) is 5.69 Å². The highest BCUT2D eigenvalue weighted by Crippen LogP contribution is 2.23. The van der Waals surface area contributed by atoms with Gasteiger partial charge in [0.15, 0.2) is 0 Å². The highest BCUT2D eigenvalue weighted by molar-refractivity contribution is 5.94. The van der Waals surface area contributed by atoms with Crippen LogP contribution in [0.1, 0.15) is 0 Å². The minimum absolute atomic E-state index is 0.337. The molecule has 0 aliphatic carbocycles. The fraction of sp³-hybridized carbons (Fsp3) is 0.333. The number of anilines is 2. The van der Waals surface area contributed by atoms with Crippen molar-refractivity contribution >= 4 is 23.4 Å². The first kappa shape index (κ1) is 13.8. The summed E-state index contributed by atoms with van der Waals surface area (Å²) in [7, 11) is 5.17. The number of carboxylic acids is 1. The summed E-state index contributed by atoms with van der Waals surface area (Å²) in [6, 6.07) is 6.85. The Hall–Kier alpha value is -2.24. The Labute approximate surface area is 106 Å². The first-order valence-corrected chi connectivity index (χ1v) is 5.42. The zero-order valence-corrected chi connectivity index (χ0v) is 10.7. The predicted octanol–water partition coefficient (Wildman–Crippen LogP) is 1.30. The number of likely N-dealkylation sites (N-methyl/N-ethyl adjacent to an activating group) is 1. The van der Waals surface area contributed by atoms with Gasteiger partial charge in [-0.15, -0.1) is 0 Å². The van der Waals surface area contributed by atoms with Crippen molar-refractivity contribution < 1.29 is 14.7 Å². The number of nitrogens with one attached hydrogen (secondary N) is 1. The van der Waals surface area contributed by atoms with Crippen LogP contribution in [0.25, 0.3) is 0 Å². The fourth-order valence-corrected chi connectivity index (χ4v) is 1.45. The largest absolute Gasteiger partial charge is 0.480 e. The zero-order chi connectivity index (χ0) is 13.7. The molecule has 0 saturated carbocycles. The molecule has 1 aromatic carbocycles. The van der Waals surface area contributed by atoms with Gasteiger partial charge in [0.1, 0.15) is 6.54 Å². The maximum Gasteiger partial charge on any atom is 0.323 e. The quantitative estimate of drug-likeness (QED) is 0.846. The van der Waals surface area contributed by atoms with Crippen LogP contribution < -0.4 is 10.2 Å². The smallest absolute Gasteiger partial charge is 0.323 e. The maximum absolute atomic E-state index is 11.8. The van der Waals surface area contributed by atoms with E-state index in [1.807, 2.05) is 31.1 Å². The molecular weight excluding hydrogens is 234 g/mol. The molecule has 98 valence electrons. The van der Waals surface area contributed by atoms with Crippen LogP contribution in [0, 0.1) is 0 Å². The van der Waals surface area contributed by atoms with Crippen LogP contribution in [0.2, 0.25) is 0 Å². The lowest BCUT2D eigenvalue weighted by molar-refractivity contribution is -0.137. The number of nitrogens with zero attached hydrogens (tertiary/aromatic N) is 2. The fourth-order valence-electron chi connectivity index (χ4n) is 1.45. The third kappa shape index (κ3) is 3.65. The molecule has 1 rings (SSSR count). The monoisotopic (exact) mass is 251 g/mol. The van der Waals surface area contributed by atoms with E-state index in [4.69, 9.17) is 5.11 Å². The Bertz CT molecular complexity index is 446. The number of amides is 2. The molecule has 0 radical (unpaired) electrons. The first-order chi connectivity index (χ1) is 8.41. The van der Waals surface area contributed by atoms with Crippen LogP contribution in [-0.2, 0) is 4.79 Å². The van der Waals surface area contributed by atoms with E-state index in [-0.39, 0.29) is 6.54 Å². The van der Waals surface area contributed by atoms with Gasteiger partial charge in [-0.25, -0.2) is 4.79 Å². The van der Waals surface area contributed by atoms with Crippen molar-refractivity contribution in [2.75, 3.05) is 37.9 Å². The van der Waals surface area contributed by atoms with Crippen molar-refractivity contribution in [1.82, 2.24) is 4.90 Å². The van der Waals surface area contributed by atoms with Crippen molar-refractivity contribution in [3.8, 4) is 0 Å². The molecule has 0 aliphatic rings. The normalized spacial score (nSPS) is 9.72. The number of carbonyl (C=O) groups excluding carboxylic acids is 1. The molecule has 6 heteroatoms. The standard InChI is InChI=1S/C12H17N3O3/c1-14(2)10-7-5-4-6-9(10)13-12(18)15(3)8-11(16)17/h4-7H,8H2,1-3H3,(H,13,18)(H,16,17). The molecule has 1 aromatic rings. The van der Waals surface area contributed by atoms with Gasteiger partial charge in [0, 0.05) is 21.1 Å². The van der Waals surface area contributed by atoms with Crippen molar-refractivity contribution in [1.29, 1.82) is 0 Å². The molecule has 0 atom stereocenters. The number of benzene rings is 1. The average Bonchev–Trinajstić information content (AvgIpc) is 2.28. The Balaban J connectivity index is 2.78. The molecule has 0 heterocycles. The molecule has 0 saturated heterocycles. The van der Waals surface area contributed by atoms with Crippen LogP contribution in [0.3, 0.4) is 0 Å². The number of carbonyl (C=O) groups is 2. The number of carboxylic acid groups (broad SMARTS) is 1. The number of hydrogen-bond donors (Lipinski definition) is 2. The van der Waals surface area contributed by atoms with Gasteiger partial charge in [0.2, 0.25) is 0 Å². The van der Waals surface area contributed by atoms with Gasteiger partial charge >= 0.3 is 12.0 Å². The Morgan fingerprint density at radius 3 is 2.39 bits per heavy atom. The minimum atomic E-state index is -1.05. The minimum Gasteiger partial charge on any atom is -0.480 e. The third-order valence-electron chi connectivity index (χ3n) is 2.35. The van der Waals surface area contributed by atoms with Gasteiger partial charge in [-0.05, 0) is 12.1 Å². The zero-order valence-electron chi connectivity index (χ0n) is 10.7. The number of rotatable bonds is 4. The van der Waals surface area contributed by atoms with E-state index >= 15 is 0 Å². The molecule has 6 nitrogen and oxygen atoms in total. The van der Waals surface area contributed by atoms with Crippen molar-refractivity contribution in [3.63, 3.8) is 0 Å². The predicted molar refractivity (Wildman–Crippen MR) is 70.1 cm³/mol. The highest BCUT2D eigenvalue weighted by Gasteiger charge is 2.13. The van der Waals surface area contributed by atoms with Gasteiger partial charge in [0.25, 0.3) is 0 Å². The van der Waals surface area contributed by atoms with Crippen LogP contribution in [-0.4, -0.2) is 49.7 Å². The van der Waals surface area contributed by atoms with E-state index in [1.54, 1.807) is 12.1 Å². The molecule has 0 spiro atoms. The van der Waals surface area contributed by atoms with Gasteiger partial charge in [-0.1, -0.05) is 12.1 Å². The molecule has 0 fully saturated rings. The summed E-state index contributed by atoms with van der Waals surface area (Å²) in [6.45, 7) is -0.337. The Morgan fingerprint density at radius 1 is 1.22 bits per heavy atom. The van der Waals surface area contributed by atoms with Crippen LogP contribution in [0.5, 0.6) is 0 Å². The topological polar surface area (TPSA) is 72.9 Å². The number of hydrogen-bond acceptors (Lipinski definition) is 3. The van der Waals surface area contributed by atoms with E-state index in [0.717, 1.165) is 10.6 Å². The Kier molecular flexibility index (Phi) is 4.53. The lowest BCUT2D eigenvalue weighted by Gasteiger charge is -2.20. The third-order valence-corrected chi connectivity index (χ3v) is 2.35. The van der Waals surface area contributed by atoms with E-state index < -0.39 is 12.0 Å². The molecule has 0 unspecified atom stereocenters. The van der Waals surface area contributed by atoms with Crippen LogP contribution in [0.15, 0.2) is 24.3 Å². The molecule has 2 N–H and O–H groups in total. The van der Waals surface area contributed by atoms with Gasteiger partial charge in [0.05, 0.1) is 11.4 Å². The van der Waals surface area contributed by atoms with Gasteiger partial charge < -0.3 is 20.2 Å². The van der Waals surface area contributed by atoms with Crippen LogP contribution >= 0.6 is 0 Å². The van der Waals surface area contributed by atoms with E-state index in [2.05, 4.69) is 5.32 Å². The average molecular weight is 251 g/mol. The molecule has 18 heavy (non-hydrogen) atoms. The molecular formula is C12H17N3O3. The molecule has 0 aliphatic heterocycles. The van der Waals surface area contributed by atoms with E-state index in [1.165, 1.54) is 7.05 Å². The summed E-state index contributed by atoms with van der Waals surface area (Å²) in [5, 5.41) is 11.3. The second kappa shape index (κ2) is 5.90. The summed E-state index contributed by atoms with van der Waals surface area (Å²) in [6.07, 6.45) is 0. The second-order valence-electron chi connectivity index (χ2n) is 4.09. The lowest BCUT2D eigenvalue weighted by Crippen LogP contribution is -2.35. The van der Waals surface area contributed by atoms with Crippen molar-refractivity contribution in [3.05, 3.63) is 24.3 Å². The number of para-hydroxylation sites is 2. The summed E-state index contributed by atoms with van der Waals surface area (Å²) in [5.74, 6) is -1.05. The number of urea groups is 1. The van der Waals surface area contributed by atoms with Gasteiger partial charge in [-0.2, -0.15) is 0 Å². The first-order valence-electron chi connectivity index (χ1n) is 5.42. The second-order valence-corrected chi connectivity index (χ2v) is 4.09. The summed E-state index contributed by atoms with van der Waals surface area (Å²) in [4.78, 5) is 25.2. The molecule has 0 aromatic heterocycles. The molecule has 0 bridgehead atoms. The SMILES string of the molecule is CN(CC(=O)O)C(=O)Nc1ccccc1N(C)C. The summed E-state index contributed by atoms with van der Waals surface area (Å²) in [5.41, 5.74) is 1.50. The molecule has 2 amide bonds. The Morgan fingerprint density at radius 2 is 1.83 bits per heavy atom. The maximum atomic E-state index is 11.8. The lowest BCUT2D eigenvalue weighted by atomic mass is 10.2. The van der Waals surface area contributed by atoms with Crippen LogP contribution in [0.4, 0.5) is 16.2 Å². The highest BCUT2D eigenvalue weighted by atomic mass is 16.4. The number of aliphatic carboxylic acids is 1. The van der Waals surface area contributed by atoms with Gasteiger partial charge in [-0.3, -0.25) is 4.79 Å². The van der Waals surface area contributed by atoms with E-state index in [9.17, 15) is 9.59 Å². The summed E-state index contributed by atoms with van der Waals surface area (Å²) >= 11 is 0. The van der Waals surface area contributed by atoms with Crippen molar-refractivity contribution in [2.24, 2.45) is 0 Å². The summed E-state index contributed by atoms with van der Waals surface area (Å²) < 4.78 is 0. The van der Waals surface area contributed by atoms with Crippen molar-refractivity contribution in [2.45, 2.75) is 0 Å².